The van der Waals surface area contributed by atoms with Gasteiger partial charge in [0, 0.05) is 12.1 Å². The van der Waals surface area contributed by atoms with Crippen LogP contribution in [0.3, 0.4) is 0 Å². The monoisotopic (exact) mass is 279 g/mol. The first-order valence-electron chi connectivity index (χ1n) is 6.58. The molecule has 6 nitrogen and oxygen atoms in total. The Morgan fingerprint density at radius 1 is 1.35 bits per heavy atom. The van der Waals surface area contributed by atoms with Gasteiger partial charge in [-0.1, -0.05) is 12.8 Å². The second-order valence-corrected chi connectivity index (χ2v) is 4.79. The van der Waals surface area contributed by atoms with Crippen molar-refractivity contribution >= 4 is 11.9 Å². The Morgan fingerprint density at radius 3 is 2.60 bits per heavy atom. The Hall–Kier alpha value is -2.11. The average Bonchev–Trinajstić information content (AvgIpc) is 2.98. The van der Waals surface area contributed by atoms with Gasteiger partial charge in [-0.3, -0.25) is 9.59 Å². The Kier molecular flexibility index (Phi) is 4.55. The number of esters is 1. The van der Waals surface area contributed by atoms with Crippen LogP contribution in [0, 0.1) is 0 Å². The summed E-state index contributed by atoms with van der Waals surface area (Å²) in [7, 11) is 1.29. The molecule has 20 heavy (non-hydrogen) atoms. The van der Waals surface area contributed by atoms with Gasteiger partial charge in [0.15, 0.2) is 0 Å². The quantitative estimate of drug-likeness (QED) is 0.774. The second-order valence-electron chi connectivity index (χ2n) is 4.79. The van der Waals surface area contributed by atoms with Crippen molar-refractivity contribution in [3.05, 3.63) is 34.4 Å². The molecule has 1 amide bonds. The minimum Gasteiger partial charge on any atom is -0.468 e. The standard InChI is InChI=1S/C14H17NO5/c1-19-13(17)8-15(11-4-2-3-5-11)14(18)10-6-7-12(16)20-9-10/h6-7,9,11H,2-5,8H2,1H3. The molecular formula is C14H17NO5. The van der Waals surface area contributed by atoms with E-state index < -0.39 is 11.6 Å². The number of hydrogen-bond donors (Lipinski definition) is 0. The molecule has 0 radical (unpaired) electrons. The van der Waals surface area contributed by atoms with E-state index in [1.54, 1.807) is 0 Å². The van der Waals surface area contributed by atoms with E-state index in [4.69, 9.17) is 4.42 Å². The van der Waals surface area contributed by atoms with Crippen molar-refractivity contribution in [3.8, 4) is 0 Å². The molecule has 1 saturated carbocycles. The first-order valence-corrected chi connectivity index (χ1v) is 6.58. The molecule has 1 aromatic heterocycles. The third-order valence-corrected chi connectivity index (χ3v) is 3.50. The van der Waals surface area contributed by atoms with Gasteiger partial charge in [-0.25, -0.2) is 4.79 Å². The zero-order chi connectivity index (χ0) is 14.5. The molecule has 1 aromatic rings. The van der Waals surface area contributed by atoms with Crippen LogP contribution in [0.1, 0.15) is 36.0 Å². The normalized spacial score (nSPS) is 15.1. The zero-order valence-corrected chi connectivity index (χ0v) is 11.3. The van der Waals surface area contributed by atoms with Gasteiger partial charge in [-0.2, -0.15) is 0 Å². The van der Waals surface area contributed by atoms with Gasteiger partial charge in [-0.05, 0) is 18.9 Å². The van der Waals surface area contributed by atoms with Crippen molar-refractivity contribution in [2.24, 2.45) is 0 Å². The van der Waals surface area contributed by atoms with Crippen LogP contribution in [0.4, 0.5) is 0 Å². The molecule has 0 bridgehead atoms. The largest absolute Gasteiger partial charge is 0.468 e. The summed E-state index contributed by atoms with van der Waals surface area (Å²) in [5.41, 5.74) is -0.248. The number of methoxy groups -OCH3 is 1. The van der Waals surface area contributed by atoms with E-state index in [0.29, 0.717) is 0 Å². The summed E-state index contributed by atoms with van der Waals surface area (Å²) in [4.78, 5) is 36.4. The molecule has 0 saturated heterocycles. The Morgan fingerprint density at radius 2 is 2.05 bits per heavy atom. The van der Waals surface area contributed by atoms with Crippen molar-refractivity contribution in [2.75, 3.05) is 13.7 Å². The van der Waals surface area contributed by atoms with Crippen molar-refractivity contribution in [1.29, 1.82) is 0 Å². The predicted octanol–water partition coefficient (Wildman–Crippen LogP) is 1.20. The lowest BCUT2D eigenvalue weighted by atomic mass is 10.1. The highest BCUT2D eigenvalue weighted by Crippen LogP contribution is 2.24. The van der Waals surface area contributed by atoms with E-state index in [2.05, 4.69) is 4.74 Å². The van der Waals surface area contributed by atoms with E-state index in [0.717, 1.165) is 31.9 Å². The molecule has 0 unspecified atom stereocenters. The van der Waals surface area contributed by atoms with E-state index in [9.17, 15) is 14.4 Å². The SMILES string of the molecule is COC(=O)CN(C(=O)c1ccc(=O)oc1)C1CCCC1. The lowest BCUT2D eigenvalue weighted by molar-refractivity contribution is -0.141. The molecule has 1 fully saturated rings. The molecule has 0 atom stereocenters. The maximum Gasteiger partial charge on any atom is 0.335 e. The predicted molar refractivity (Wildman–Crippen MR) is 70.3 cm³/mol. The Balaban J connectivity index is 2.20. The van der Waals surface area contributed by atoms with Crippen molar-refractivity contribution in [2.45, 2.75) is 31.7 Å². The Bertz CT molecular complexity index is 524. The number of nitrogens with zero attached hydrogens (tertiary/aromatic N) is 1. The first-order chi connectivity index (χ1) is 9.61. The summed E-state index contributed by atoms with van der Waals surface area (Å²) in [5, 5.41) is 0. The van der Waals surface area contributed by atoms with Crippen molar-refractivity contribution in [1.82, 2.24) is 4.90 Å². The number of amides is 1. The zero-order valence-electron chi connectivity index (χ0n) is 11.3. The number of carbonyl (C=O) groups is 2. The highest BCUT2D eigenvalue weighted by Gasteiger charge is 2.29. The molecule has 0 aromatic carbocycles. The van der Waals surface area contributed by atoms with Gasteiger partial charge >= 0.3 is 11.6 Å². The third kappa shape index (κ3) is 3.26. The fraction of sp³-hybridized carbons (Fsp3) is 0.500. The maximum atomic E-state index is 12.5. The van der Waals surface area contributed by atoms with Gasteiger partial charge < -0.3 is 14.1 Å². The second kappa shape index (κ2) is 6.36. The Labute approximate surface area is 116 Å². The first kappa shape index (κ1) is 14.3. The van der Waals surface area contributed by atoms with E-state index >= 15 is 0 Å². The van der Waals surface area contributed by atoms with Crippen LogP contribution in [0.25, 0.3) is 0 Å². The molecule has 1 aliphatic rings. The number of rotatable bonds is 4. The maximum absolute atomic E-state index is 12.5. The van der Waals surface area contributed by atoms with Gasteiger partial charge in [0.05, 0.1) is 12.7 Å². The number of ether oxygens (including phenoxy) is 1. The van der Waals surface area contributed by atoms with Crippen molar-refractivity contribution < 1.29 is 18.7 Å². The molecule has 108 valence electrons. The van der Waals surface area contributed by atoms with Crippen molar-refractivity contribution in [3.63, 3.8) is 0 Å². The summed E-state index contributed by atoms with van der Waals surface area (Å²) in [6.07, 6.45) is 4.96. The fourth-order valence-corrected chi connectivity index (χ4v) is 2.43. The van der Waals surface area contributed by atoms with Crippen LogP contribution in [0.5, 0.6) is 0 Å². The highest BCUT2D eigenvalue weighted by molar-refractivity contribution is 5.95. The summed E-state index contributed by atoms with van der Waals surface area (Å²) in [6, 6.07) is 2.64. The summed E-state index contributed by atoms with van der Waals surface area (Å²) >= 11 is 0. The van der Waals surface area contributed by atoms with Gasteiger partial charge in [0.1, 0.15) is 12.8 Å². The van der Waals surface area contributed by atoms with Gasteiger partial charge in [-0.15, -0.1) is 0 Å². The molecule has 2 rings (SSSR count). The van der Waals surface area contributed by atoms with Crippen LogP contribution in [-0.2, 0) is 9.53 Å². The average molecular weight is 279 g/mol. The minimum absolute atomic E-state index is 0.0357. The van der Waals surface area contributed by atoms with E-state index in [1.807, 2.05) is 0 Å². The topological polar surface area (TPSA) is 76.8 Å². The summed E-state index contributed by atoms with van der Waals surface area (Å²) < 4.78 is 9.34. The lowest BCUT2D eigenvalue weighted by Crippen LogP contribution is -2.42. The van der Waals surface area contributed by atoms with E-state index in [-0.39, 0.29) is 24.1 Å². The lowest BCUT2D eigenvalue weighted by Gasteiger charge is -2.27. The van der Waals surface area contributed by atoms with Gasteiger partial charge in [0.2, 0.25) is 0 Å². The molecule has 0 aliphatic heterocycles. The summed E-state index contributed by atoms with van der Waals surface area (Å²) in [5.74, 6) is -0.770. The van der Waals surface area contributed by atoms with E-state index in [1.165, 1.54) is 24.1 Å². The van der Waals surface area contributed by atoms with Gasteiger partial charge in [0.25, 0.3) is 5.91 Å². The smallest absolute Gasteiger partial charge is 0.335 e. The number of hydrogen-bond acceptors (Lipinski definition) is 5. The molecule has 6 heteroatoms. The molecular weight excluding hydrogens is 262 g/mol. The summed E-state index contributed by atoms with van der Waals surface area (Å²) in [6.45, 7) is -0.0842. The van der Waals surface area contributed by atoms with Crippen LogP contribution in [-0.4, -0.2) is 36.5 Å². The highest BCUT2D eigenvalue weighted by atomic mass is 16.5. The molecule has 1 aliphatic carbocycles. The fourth-order valence-electron chi connectivity index (χ4n) is 2.43. The van der Waals surface area contributed by atoms with Crippen LogP contribution in [0.15, 0.2) is 27.6 Å². The number of carbonyl (C=O) groups excluding carboxylic acids is 2. The van der Waals surface area contributed by atoms with Crippen LogP contribution >= 0.6 is 0 Å². The third-order valence-electron chi connectivity index (χ3n) is 3.50. The van der Waals surface area contributed by atoms with Crippen LogP contribution in [0.2, 0.25) is 0 Å². The minimum atomic E-state index is -0.512. The van der Waals surface area contributed by atoms with Crippen LogP contribution < -0.4 is 5.63 Å². The molecule has 1 heterocycles. The molecule has 0 spiro atoms. The molecule has 0 N–H and O–H groups in total.